The summed E-state index contributed by atoms with van der Waals surface area (Å²) < 4.78 is 29.1. The summed E-state index contributed by atoms with van der Waals surface area (Å²) in [5, 5.41) is 3.87. The maximum Gasteiger partial charge on any atom is 0.264 e. The summed E-state index contributed by atoms with van der Waals surface area (Å²) in [7, 11) is -4.28. The molecule has 4 aromatic rings. The first-order valence-electron chi connectivity index (χ1n) is 14.4. The van der Waals surface area contributed by atoms with Crippen molar-refractivity contribution in [2.45, 2.75) is 50.2 Å². The number of halogens is 3. The fourth-order valence-corrected chi connectivity index (χ4v) is 6.91. The highest BCUT2D eigenvalue weighted by Crippen LogP contribution is 2.30. The third-order valence-corrected chi connectivity index (χ3v) is 9.72. The van der Waals surface area contributed by atoms with Gasteiger partial charge in [-0.1, -0.05) is 102 Å². The fraction of sp³-hybridized carbons (Fsp3) is 0.235. The number of sulfonamides is 1. The van der Waals surface area contributed by atoms with Gasteiger partial charge in [0.15, 0.2) is 0 Å². The van der Waals surface area contributed by atoms with E-state index in [9.17, 15) is 18.0 Å². The van der Waals surface area contributed by atoms with Gasteiger partial charge in [-0.2, -0.15) is 0 Å². The Bertz CT molecular complexity index is 1700. The Morgan fingerprint density at radius 3 is 1.98 bits per heavy atom. The molecule has 0 heterocycles. The van der Waals surface area contributed by atoms with E-state index in [4.69, 9.17) is 34.8 Å². The van der Waals surface area contributed by atoms with Crippen LogP contribution in [0.1, 0.15) is 31.4 Å². The summed E-state index contributed by atoms with van der Waals surface area (Å²) in [6.45, 7) is 3.21. The van der Waals surface area contributed by atoms with Gasteiger partial charge in [-0.25, -0.2) is 8.42 Å². The molecule has 4 aromatic carbocycles. The first-order valence-corrected chi connectivity index (χ1v) is 17.0. The third-order valence-electron chi connectivity index (χ3n) is 7.26. The van der Waals surface area contributed by atoms with Crippen molar-refractivity contribution in [3.63, 3.8) is 0 Å². The molecule has 0 aromatic heterocycles. The number of nitrogens with one attached hydrogen (secondary N) is 1. The number of amides is 2. The molecule has 0 saturated heterocycles. The minimum atomic E-state index is -4.28. The summed E-state index contributed by atoms with van der Waals surface area (Å²) in [5.74, 6) is -0.961. The van der Waals surface area contributed by atoms with E-state index in [1.54, 1.807) is 42.5 Å². The molecule has 0 bridgehead atoms. The van der Waals surface area contributed by atoms with Crippen molar-refractivity contribution >= 4 is 62.3 Å². The van der Waals surface area contributed by atoms with E-state index in [0.29, 0.717) is 17.0 Å². The predicted octanol–water partition coefficient (Wildman–Crippen LogP) is 7.40. The summed E-state index contributed by atoms with van der Waals surface area (Å²) in [6, 6.07) is 27.3. The molecule has 2 amide bonds. The first kappa shape index (κ1) is 34.3. The summed E-state index contributed by atoms with van der Waals surface area (Å²) in [5.41, 5.74) is 1.62. The van der Waals surface area contributed by atoms with Crippen LogP contribution >= 0.6 is 34.8 Å². The number of benzene rings is 4. The van der Waals surface area contributed by atoms with Gasteiger partial charge in [0, 0.05) is 34.1 Å². The Labute approximate surface area is 279 Å². The Balaban J connectivity index is 1.83. The maximum atomic E-state index is 14.5. The molecule has 0 fully saturated rings. The van der Waals surface area contributed by atoms with E-state index in [1.165, 1.54) is 35.2 Å². The fourth-order valence-electron chi connectivity index (χ4n) is 4.76. The number of carbonyl (C=O) groups is 2. The average molecular weight is 687 g/mol. The standard InChI is InChI=1S/C34H34Cl3N3O4S/c1-3-24(2)38-34(42)32(18-25-11-6-4-7-12-25)39(22-26-13-10-14-27(35)17-26)33(41)23-40(30-20-28(36)19-29(37)21-30)45(43,44)31-15-8-5-9-16-31/h4-17,19-21,24,32H,3,18,22-23H2,1-2H3,(H,38,42)/t24-,32-/m1/s1. The van der Waals surface area contributed by atoms with Crippen LogP contribution in [-0.2, 0) is 32.6 Å². The van der Waals surface area contributed by atoms with Gasteiger partial charge in [0.25, 0.3) is 10.0 Å². The van der Waals surface area contributed by atoms with Crippen LogP contribution in [0.3, 0.4) is 0 Å². The Morgan fingerprint density at radius 1 is 0.778 bits per heavy atom. The molecule has 45 heavy (non-hydrogen) atoms. The molecule has 236 valence electrons. The largest absolute Gasteiger partial charge is 0.352 e. The molecule has 0 aliphatic rings. The van der Waals surface area contributed by atoms with E-state index >= 15 is 0 Å². The third kappa shape index (κ3) is 9.23. The van der Waals surface area contributed by atoms with Crippen LogP contribution in [0.25, 0.3) is 0 Å². The van der Waals surface area contributed by atoms with Crippen molar-refractivity contribution in [2.24, 2.45) is 0 Å². The molecule has 11 heteroatoms. The van der Waals surface area contributed by atoms with Gasteiger partial charge in [0.1, 0.15) is 12.6 Å². The Kier molecular flexibility index (Phi) is 11.9. The zero-order valence-electron chi connectivity index (χ0n) is 24.9. The topological polar surface area (TPSA) is 86.8 Å². The molecule has 4 rings (SSSR count). The van der Waals surface area contributed by atoms with E-state index in [1.807, 2.05) is 44.2 Å². The lowest BCUT2D eigenvalue weighted by atomic mass is 10.0. The summed E-state index contributed by atoms with van der Waals surface area (Å²) >= 11 is 18.9. The average Bonchev–Trinajstić information content (AvgIpc) is 3.01. The number of hydrogen-bond donors (Lipinski definition) is 1. The predicted molar refractivity (Wildman–Crippen MR) is 181 cm³/mol. The molecular weight excluding hydrogens is 653 g/mol. The smallest absolute Gasteiger partial charge is 0.264 e. The van der Waals surface area contributed by atoms with E-state index in [2.05, 4.69) is 5.32 Å². The quantitative estimate of drug-likeness (QED) is 0.159. The molecule has 0 saturated carbocycles. The van der Waals surface area contributed by atoms with Gasteiger partial charge in [0.2, 0.25) is 11.8 Å². The number of carbonyl (C=O) groups excluding carboxylic acids is 2. The molecule has 0 spiro atoms. The zero-order chi connectivity index (χ0) is 32.6. The highest BCUT2D eigenvalue weighted by atomic mass is 35.5. The molecule has 7 nitrogen and oxygen atoms in total. The lowest BCUT2D eigenvalue weighted by molar-refractivity contribution is -0.140. The molecule has 0 radical (unpaired) electrons. The van der Waals surface area contributed by atoms with Gasteiger partial charge in [-0.15, -0.1) is 0 Å². The van der Waals surface area contributed by atoms with Crippen LogP contribution in [0.15, 0.2) is 108 Å². The highest BCUT2D eigenvalue weighted by molar-refractivity contribution is 7.92. The van der Waals surface area contributed by atoms with Gasteiger partial charge >= 0.3 is 0 Å². The molecule has 0 aliphatic heterocycles. The summed E-state index contributed by atoms with van der Waals surface area (Å²) in [4.78, 5) is 29.8. The van der Waals surface area contributed by atoms with Crippen LogP contribution in [0.5, 0.6) is 0 Å². The van der Waals surface area contributed by atoms with Crippen LogP contribution in [0.2, 0.25) is 15.1 Å². The van der Waals surface area contributed by atoms with Gasteiger partial charge in [0.05, 0.1) is 10.6 Å². The molecule has 1 N–H and O–H groups in total. The summed E-state index contributed by atoms with van der Waals surface area (Å²) in [6.07, 6.45) is 0.883. The maximum absolute atomic E-state index is 14.5. The van der Waals surface area contributed by atoms with Crippen LogP contribution in [-0.4, -0.2) is 43.8 Å². The molecule has 2 atom stereocenters. The van der Waals surface area contributed by atoms with Crippen molar-refractivity contribution in [3.05, 3.63) is 129 Å². The van der Waals surface area contributed by atoms with Crippen molar-refractivity contribution in [1.82, 2.24) is 10.2 Å². The van der Waals surface area contributed by atoms with Gasteiger partial charge < -0.3 is 10.2 Å². The van der Waals surface area contributed by atoms with Crippen molar-refractivity contribution in [2.75, 3.05) is 10.8 Å². The van der Waals surface area contributed by atoms with Crippen molar-refractivity contribution in [3.8, 4) is 0 Å². The normalized spacial score (nSPS) is 12.6. The Morgan fingerprint density at radius 2 is 1.38 bits per heavy atom. The van der Waals surface area contributed by atoms with Crippen molar-refractivity contribution < 1.29 is 18.0 Å². The monoisotopic (exact) mass is 685 g/mol. The van der Waals surface area contributed by atoms with Crippen LogP contribution < -0.4 is 9.62 Å². The SMILES string of the molecule is CC[C@@H](C)NC(=O)[C@@H](Cc1ccccc1)N(Cc1cccc(Cl)c1)C(=O)CN(c1cc(Cl)cc(Cl)c1)S(=O)(=O)c1ccccc1. The highest BCUT2D eigenvalue weighted by Gasteiger charge is 2.35. The first-order chi connectivity index (χ1) is 21.5. The van der Waals surface area contributed by atoms with Crippen LogP contribution in [0, 0.1) is 0 Å². The number of nitrogens with zero attached hydrogens (tertiary/aromatic N) is 2. The lowest BCUT2D eigenvalue weighted by Gasteiger charge is -2.34. The lowest BCUT2D eigenvalue weighted by Crippen LogP contribution is -2.54. The van der Waals surface area contributed by atoms with E-state index in [0.717, 1.165) is 9.87 Å². The Hall–Kier alpha value is -3.56. The zero-order valence-corrected chi connectivity index (χ0v) is 28.0. The molecule has 0 aliphatic carbocycles. The minimum Gasteiger partial charge on any atom is -0.352 e. The number of rotatable bonds is 13. The number of anilines is 1. The van der Waals surface area contributed by atoms with Gasteiger partial charge in [-0.3, -0.25) is 13.9 Å². The number of hydrogen-bond acceptors (Lipinski definition) is 4. The van der Waals surface area contributed by atoms with Gasteiger partial charge in [-0.05, 0) is 66.9 Å². The van der Waals surface area contributed by atoms with E-state index in [-0.39, 0.29) is 45.5 Å². The van der Waals surface area contributed by atoms with Crippen molar-refractivity contribution in [1.29, 1.82) is 0 Å². The molecular formula is C34H34Cl3N3O4S. The second kappa shape index (κ2) is 15.6. The second-order valence-corrected chi connectivity index (χ2v) is 13.8. The minimum absolute atomic E-state index is 0.000343. The molecule has 0 unspecified atom stereocenters. The van der Waals surface area contributed by atoms with E-state index < -0.39 is 28.5 Å². The van der Waals surface area contributed by atoms with Crippen LogP contribution in [0.4, 0.5) is 5.69 Å². The second-order valence-electron chi connectivity index (χ2n) is 10.6.